The normalized spacial score (nSPS) is 12.3. The summed E-state index contributed by atoms with van der Waals surface area (Å²) >= 11 is 12.4. The number of aryl methyl sites for hydroxylation is 1. The predicted octanol–water partition coefficient (Wildman–Crippen LogP) is 7.05. The molecule has 0 aliphatic rings. The highest BCUT2D eigenvalue weighted by molar-refractivity contribution is 7.92. The van der Waals surface area contributed by atoms with Crippen molar-refractivity contribution in [1.29, 1.82) is 0 Å². The zero-order valence-corrected chi connectivity index (χ0v) is 28.0. The van der Waals surface area contributed by atoms with Crippen LogP contribution in [0.15, 0.2) is 108 Å². The quantitative estimate of drug-likeness (QED) is 0.186. The molecule has 0 bridgehead atoms. The van der Waals surface area contributed by atoms with Gasteiger partial charge in [0.25, 0.3) is 10.0 Å². The van der Waals surface area contributed by atoms with E-state index in [9.17, 15) is 18.0 Å². The molecule has 0 radical (unpaired) electrons. The Hall–Kier alpha value is -3.85. The monoisotopic (exact) mass is 665 g/mol. The number of para-hydroxylation sites is 1. The van der Waals surface area contributed by atoms with E-state index in [0.29, 0.717) is 26.9 Å². The zero-order chi connectivity index (χ0) is 32.8. The van der Waals surface area contributed by atoms with Crippen LogP contribution in [0.25, 0.3) is 0 Å². The van der Waals surface area contributed by atoms with Crippen molar-refractivity contribution in [3.8, 4) is 0 Å². The van der Waals surface area contributed by atoms with Crippen molar-refractivity contribution >= 4 is 50.7 Å². The fourth-order valence-electron chi connectivity index (χ4n) is 4.93. The number of nitrogens with zero attached hydrogens (tertiary/aromatic N) is 2. The summed E-state index contributed by atoms with van der Waals surface area (Å²) in [4.78, 5) is 29.9. The number of amides is 2. The summed E-state index contributed by atoms with van der Waals surface area (Å²) in [6, 6.07) is 28.2. The van der Waals surface area contributed by atoms with Crippen molar-refractivity contribution in [1.82, 2.24) is 10.2 Å². The van der Waals surface area contributed by atoms with Gasteiger partial charge in [-0.2, -0.15) is 0 Å². The van der Waals surface area contributed by atoms with Gasteiger partial charge in [-0.1, -0.05) is 83.9 Å². The molecule has 1 atom stereocenters. The third-order valence-electron chi connectivity index (χ3n) is 7.08. The van der Waals surface area contributed by atoms with Crippen LogP contribution in [0, 0.1) is 6.92 Å². The highest BCUT2D eigenvalue weighted by Crippen LogP contribution is 2.28. The van der Waals surface area contributed by atoms with Crippen LogP contribution in [0.1, 0.15) is 37.5 Å². The van der Waals surface area contributed by atoms with Crippen LogP contribution in [-0.2, 0) is 32.6 Å². The zero-order valence-electron chi connectivity index (χ0n) is 25.7. The Kier molecular flexibility index (Phi) is 11.0. The Morgan fingerprint density at radius 2 is 1.42 bits per heavy atom. The molecule has 0 fully saturated rings. The van der Waals surface area contributed by atoms with E-state index in [0.717, 1.165) is 9.87 Å². The molecular formula is C35H37Cl2N3O4S. The Balaban J connectivity index is 1.83. The van der Waals surface area contributed by atoms with Crippen molar-refractivity contribution in [2.75, 3.05) is 10.8 Å². The van der Waals surface area contributed by atoms with Gasteiger partial charge in [0.2, 0.25) is 11.8 Å². The van der Waals surface area contributed by atoms with Gasteiger partial charge in [-0.05, 0) is 86.8 Å². The maximum absolute atomic E-state index is 14.5. The Labute approximate surface area is 275 Å². The maximum atomic E-state index is 14.5. The molecule has 45 heavy (non-hydrogen) atoms. The number of sulfonamides is 1. The molecule has 0 heterocycles. The van der Waals surface area contributed by atoms with Crippen LogP contribution >= 0.6 is 23.2 Å². The first-order chi connectivity index (χ1) is 21.2. The second-order valence-corrected chi connectivity index (χ2v) is 14.6. The SMILES string of the molecule is Cc1ccccc1N(CC(=O)N(Cc1cccc(Cl)c1)[C@@H](Cc1ccccc1)C(=O)NC(C)(C)C)S(=O)(=O)c1ccc(Cl)cc1. The van der Waals surface area contributed by atoms with Gasteiger partial charge in [-0.15, -0.1) is 0 Å². The van der Waals surface area contributed by atoms with Crippen LogP contribution in [0.3, 0.4) is 0 Å². The van der Waals surface area contributed by atoms with Gasteiger partial charge in [0, 0.05) is 28.5 Å². The van der Waals surface area contributed by atoms with Gasteiger partial charge in [-0.25, -0.2) is 8.42 Å². The molecule has 0 aromatic heterocycles. The number of carbonyl (C=O) groups excluding carboxylic acids is 2. The van der Waals surface area contributed by atoms with Gasteiger partial charge < -0.3 is 10.2 Å². The Morgan fingerprint density at radius 3 is 2.04 bits per heavy atom. The van der Waals surface area contributed by atoms with E-state index in [1.165, 1.54) is 29.2 Å². The van der Waals surface area contributed by atoms with Crippen LogP contribution < -0.4 is 9.62 Å². The van der Waals surface area contributed by atoms with Gasteiger partial charge >= 0.3 is 0 Å². The lowest BCUT2D eigenvalue weighted by atomic mass is 10.0. The Morgan fingerprint density at radius 1 is 0.800 bits per heavy atom. The minimum absolute atomic E-state index is 0.0179. The molecule has 0 unspecified atom stereocenters. The van der Waals surface area contributed by atoms with E-state index in [-0.39, 0.29) is 23.8 Å². The minimum atomic E-state index is -4.23. The number of rotatable bonds is 11. The molecule has 1 N–H and O–H groups in total. The summed E-state index contributed by atoms with van der Waals surface area (Å²) in [7, 11) is -4.23. The second kappa shape index (κ2) is 14.5. The topological polar surface area (TPSA) is 86.8 Å². The molecule has 0 spiro atoms. The van der Waals surface area contributed by atoms with Crippen molar-refractivity contribution in [3.05, 3.63) is 130 Å². The van der Waals surface area contributed by atoms with Crippen molar-refractivity contribution in [2.45, 2.75) is 57.1 Å². The van der Waals surface area contributed by atoms with Crippen LogP contribution in [0.5, 0.6) is 0 Å². The molecule has 4 rings (SSSR count). The molecule has 0 saturated carbocycles. The molecule has 4 aromatic carbocycles. The molecule has 2 amide bonds. The smallest absolute Gasteiger partial charge is 0.264 e. The van der Waals surface area contributed by atoms with Crippen LogP contribution in [0.4, 0.5) is 5.69 Å². The number of benzene rings is 4. The number of carbonyl (C=O) groups is 2. The standard InChI is InChI=1S/C35H37Cl2N3O4S/c1-25-11-8-9-16-31(25)40(45(43,44)30-19-17-28(36)18-20-30)24-33(41)39(23-27-14-10-15-29(37)21-27)32(34(42)38-35(2,3)4)22-26-12-6-5-7-13-26/h5-21,32H,22-24H2,1-4H3,(H,38,42)/t32-/m0/s1. The molecule has 0 saturated heterocycles. The number of hydrogen-bond acceptors (Lipinski definition) is 4. The highest BCUT2D eigenvalue weighted by atomic mass is 35.5. The van der Waals surface area contributed by atoms with E-state index < -0.39 is 34.1 Å². The summed E-state index contributed by atoms with van der Waals surface area (Å²) in [5.74, 6) is -0.912. The largest absolute Gasteiger partial charge is 0.350 e. The summed E-state index contributed by atoms with van der Waals surface area (Å²) in [5, 5.41) is 3.88. The van der Waals surface area contributed by atoms with E-state index >= 15 is 0 Å². The lowest BCUT2D eigenvalue weighted by Crippen LogP contribution is -2.56. The summed E-state index contributed by atoms with van der Waals surface area (Å²) in [5.41, 5.74) is 1.97. The highest BCUT2D eigenvalue weighted by Gasteiger charge is 2.36. The number of nitrogens with one attached hydrogen (secondary N) is 1. The predicted molar refractivity (Wildman–Crippen MR) is 181 cm³/mol. The average molecular weight is 667 g/mol. The minimum Gasteiger partial charge on any atom is -0.350 e. The second-order valence-electron chi connectivity index (χ2n) is 11.8. The molecule has 0 aliphatic heterocycles. The lowest BCUT2D eigenvalue weighted by Gasteiger charge is -2.35. The van der Waals surface area contributed by atoms with E-state index in [1.54, 1.807) is 49.4 Å². The van der Waals surface area contributed by atoms with Gasteiger partial charge in [-0.3, -0.25) is 13.9 Å². The van der Waals surface area contributed by atoms with Crippen molar-refractivity contribution in [3.63, 3.8) is 0 Å². The van der Waals surface area contributed by atoms with Crippen molar-refractivity contribution in [2.24, 2.45) is 0 Å². The van der Waals surface area contributed by atoms with Gasteiger partial charge in [0.15, 0.2) is 0 Å². The van der Waals surface area contributed by atoms with E-state index in [2.05, 4.69) is 5.32 Å². The first-order valence-corrected chi connectivity index (χ1v) is 16.7. The summed E-state index contributed by atoms with van der Waals surface area (Å²) < 4.78 is 29.4. The third kappa shape index (κ3) is 9.10. The molecule has 0 aliphatic carbocycles. The van der Waals surface area contributed by atoms with E-state index in [1.807, 2.05) is 57.2 Å². The molecule has 10 heteroatoms. The Bertz CT molecular complexity index is 1740. The van der Waals surface area contributed by atoms with Gasteiger partial charge in [0.05, 0.1) is 10.6 Å². The van der Waals surface area contributed by atoms with Crippen LogP contribution in [-0.4, -0.2) is 43.3 Å². The molecular weight excluding hydrogens is 629 g/mol. The molecule has 4 aromatic rings. The van der Waals surface area contributed by atoms with Gasteiger partial charge in [0.1, 0.15) is 12.6 Å². The fraction of sp³-hybridized carbons (Fsp3) is 0.257. The fourth-order valence-corrected chi connectivity index (χ4v) is 6.75. The van der Waals surface area contributed by atoms with Crippen molar-refractivity contribution < 1.29 is 18.0 Å². The van der Waals surface area contributed by atoms with Crippen LogP contribution in [0.2, 0.25) is 10.0 Å². The first-order valence-electron chi connectivity index (χ1n) is 14.5. The lowest BCUT2D eigenvalue weighted by molar-refractivity contribution is -0.140. The summed E-state index contributed by atoms with van der Waals surface area (Å²) in [6.45, 7) is 6.86. The first kappa shape index (κ1) is 34.0. The third-order valence-corrected chi connectivity index (χ3v) is 9.34. The number of halogens is 2. The maximum Gasteiger partial charge on any atom is 0.264 e. The number of anilines is 1. The average Bonchev–Trinajstić information content (AvgIpc) is 2.98. The van der Waals surface area contributed by atoms with E-state index in [4.69, 9.17) is 23.2 Å². The molecule has 236 valence electrons. The number of hydrogen-bond donors (Lipinski definition) is 1. The molecule has 7 nitrogen and oxygen atoms in total. The summed E-state index contributed by atoms with van der Waals surface area (Å²) in [6.07, 6.45) is 0.212.